The SMILES string of the molecule is CC(C)CC(N=C1NS(=O)(=O)c2ccccc21)C(=O)N1CCNC(C)C1. The number of hydrogen-bond donors (Lipinski definition) is 2. The molecule has 0 saturated carbocycles. The second-order valence-corrected chi connectivity index (χ2v) is 9.01. The molecular formula is C18H26N4O3S. The molecule has 0 bridgehead atoms. The van der Waals surface area contributed by atoms with E-state index in [4.69, 9.17) is 0 Å². The largest absolute Gasteiger partial charge is 0.338 e. The van der Waals surface area contributed by atoms with Crippen molar-refractivity contribution in [1.82, 2.24) is 14.9 Å². The summed E-state index contributed by atoms with van der Waals surface area (Å²) < 4.78 is 27.1. The number of hydrogen-bond acceptors (Lipinski definition) is 5. The van der Waals surface area contributed by atoms with Gasteiger partial charge in [-0.25, -0.2) is 8.42 Å². The van der Waals surface area contributed by atoms with Crippen LogP contribution in [0.4, 0.5) is 0 Å². The Morgan fingerprint density at radius 3 is 2.77 bits per heavy atom. The molecule has 2 aliphatic heterocycles. The summed E-state index contributed by atoms with van der Waals surface area (Å²) in [6.45, 7) is 8.16. The van der Waals surface area contributed by atoms with E-state index in [0.29, 0.717) is 25.1 Å². The van der Waals surface area contributed by atoms with Crippen LogP contribution in [0.5, 0.6) is 0 Å². The van der Waals surface area contributed by atoms with Crippen LogP contribution in [-0.4, -0.2) is 56.8 Å². The highest BCUT2D eigenvalue weighted by atomic mass is 32.2. The minimum atomic E-state index is -3.60. The van der Waals surface area contributed by atoms with Gasteiger partial charge in [0, 0.05) is 31.2 Å². The molecule has 1 amide bonds. The Morgan fingerprint density at radius 2 is 2.08 bits per heavy atom. The number of fused-ring (bicyclic) bond motifs is 1. The first-order valence-corrected chi connectivity index (χ1v) is 10.5. The van der Waals surface area contributed by atoms with Gasteiger partial charge in [-0.05, 0) is 31.4 Å². The van der Waals surface area contributed by atoms with E-state index < -0.39 is 16.1 Å². The van der Waals surface area contributed by atoms with Gasteiger partial charge in [-0.15, -0.1) is 0 Å². The molecular weight excluding hydrogens is 352 g/mol. The van der Waals surface area contributed by atoms with Gasteiger partial charge in [0.15, 0.2) is 0 Å². The van der Waals surface area contributed by atoms with Gasteiger partial charge in [-0.3, -0.25) is 14.5 Å². The van der Waals surface area contributed by atoms with Crippen LogP contribution in [0.1, 0.15) is 32.8 Å². The molecule has 2 N–H and O–H groups in total. The molecule has 7 nitrogen and oxygen atoms in total. The summed E-state index contributed by atoms with van der Waals surface area (Å²) >= 11 is 0. The normalized spacial score (nSPS) is 24.4. The Balaban J connectivity index is 1.92. The highest BCUT2D eigenvalue weighted by molar-refractivity contribution is 7.90. The minimum Gasteiger partial charge on any atom is -0.338 e. The lowest BCUT2D eigenvalue weighted by atomic mass is 10.0. The Labute approximate surface area is 154 Å². The van der Waals surface area contributed by atoms with Crippen molar-refractivity contribution < 1.29 is 13.2 Å². The summed E-state index contributed by atoms with van der Waals surface area (Å²) in [6, 6.07) is 6.37. The Hall–Kier alpha value is -1.93. The maximum atomic E-state index is 13.1. The molecule has 26 heavy (non-hydrogen) atoms. The summed E-state index contributed by atoms with van der Waals surface area (Å²) in [7, 11) is -3.60. The first-order chi connectivity index (χ1) is 12.3. The predicted octanol–water partition coefficient (Wildman–Crippen LogP) is 0.960. The zero-order valence-corrected chi connectivity index (χ0v) is 16.2. The third-order valence-corrected chi connectivity index (χ3v) is 6.00. The van der Waals surface area contributed by atoms with Crippen molar-refractivity contribution in [3.05, 3.63) is 29.8 Å². The quantitative estimate of drug-likeness (QED) is 0.816. The van der Waals surface area contributed by atoms with Crippen molar-refractivity contribution in [2.24, 2.45) is 10.9 Å². The fourth-order valence-corrected chi connectivity index (χ4v) is 4.62. The van der Waals surface area contributed by atoms with Gasteiger partial charge in [-0.1, -0.05) is 26.0 Å². The van der Waals surface area contributed by atoms with E-state index >= 15 is 0 Å². The maximum absolute atomic E-state index is 13.1. The molecule has 8 heteroatoms. The van der Waals surface area contributed by atoms with E-state index in [1.807, 2.05) is 25.7 Å². The zero-order chi connectivity index (χ0) is 18.9. The van der Waals surface area contributed by atoms with E-state index in [1.165, 1.54) is 0 Å². The molecule has 0 spiro atoms. The predicted molar refractivity (Wildman–Crippen MR) is 101 cm³/mol. The van der Waals surface area contributed by atoms with Crippen molar-refractivity contribution >= 4 is 21.8 Å². The topological polar surface area (TPSA) is 90.9 Å². The molecule has 1 aromatic rings. The molecule has 0 aliphatic carbocycles. The molecule has 3 rings (SSSR count). The van der Waals surface area contributed by atoms with E-state index in [-0.39, 0.29) is 28.6 Å². The number of carbonyl (C=O) groups is 1. The smallest absolute Gasteiger partial charge is 0.263 e. The van der Waals surface area contributed by atoms with Gasteiger partial charge in [0.1, 0.15) is 11.9 Å². The molecule has 1 aromatic carbocycles. The number of carbonyl (C=O) groups excluding carboxylic acids is 1. The molecule has 2 heterocycles. The van der Waals surface area contributed by atoms with Crippen LogP contribution in [0, 0.1) is 5.92 Å². The molecule has 0 aromatic heterocycles. The fourth-order valence-electron chi connectivity index (χ4n) is 3.38. The van der Waals surface area contributed by atoms with Crippen LogP contribution < -0.4 is 10.0 Å². The molecule has 2 atom stereocenters. The first-order valence-electron chi connectivity index (χ1n) is 9.00. The number of nitrogens with one attached hydrogen (secondary N) is 2. The molecule has 2 aliphatic rings. The number of rotatable bonds is 4. The first kappa shape index (κ1) is 18.8. The number of amides is 1. The molecule has 1 saturated heterocycles. The fraction of sp³-hybridized carbons (Fsp3) is 0.556. The Morgan fingerprint density at radius 1 is 1.35 bits per heavy atom. The van der Waals surface area contributed by atoms with Crippen LogP contribution in [0.3, 0.4) is 0 Å². The van der Waals surface area contributed by atoms with Crippen molar-refractivity contribution in [3.8, 4) is 0 Å². The van der Waals surface area contributed by atoms with E-state index in [2.05, 4.69) is 15.0 Å². The van der Waals surface area contributed by atoms with Crippen LogP contribution >= 0.6 is 0 Å². The van der Waals surface area contributed by atoms with Crippen LogP contribution in [-0.2, 0) is 14.8 Å². The second-order valence-electron chi connectivity index (χ2n) is 7.36. The summed E-state index contributed by atoms with van der Waals surface area (Å²) in [4.78, 5) is 19.7. The molecule has 1 fully saturated rings. The highest BCUT2D eigenvalue weighted by Gasteiger charge is 2.33. The van der Waals surface area contributed by atoms with E-state index in [0.717, 1.165) is 6.54 Å². The highest BCUT2D eigenvalue weighted by Crippen LogP contribution is 2.24. The second kappa shape index (κ2) is 7.36. The van der Waals surface area contributed by atoms with Gasteiger partial charge in [-0.2, -0.15) is 0 Å². The van der Waals surface area contributed by atoms with Gasteiger partial charge >= 0.3 is 0 Å². The van der Waals surface area contributed by atoms with Gasteiger partial charge in [0.05, 0.1) is 4.90 Å². The minimum absolute atomic E-state index is 0.0388. The third-order valence-electron chi connectivity index (χ3n) is 4.61. The summed E-state index contributed by atoms with van der Waals surface area (Å²) in [5, 5.41) is 3.32. The van der Waals surface area contributed by atoms with Crippen molar-refractivity contribution in [2.45, 2.75) is 44.2 Å². The zero-order valence-electron chi connectivity index (χ0n) is 15.4. The number of nitrogens with zero attached hydrogens (tertiary/aromatic N) is 2. The van der Waals surface area contributed by atoms with Crippen molar-refractivity contribution in [3.63, 3.8) is 0 Å². The number of amidine groups is 1. The van der Waals surface area contributed by atoms with Crippen LogP contribution in [0.2, 0.25) is 0 Å². The lowest BCUT2D eigenvalue weighted by Crippen LogP contribution is -2.53. The average molecular weight is 378 g/mol. The molecule has 2 unspecified atom stereocenters. The number of aliphatic imine (C=N–C) groups is 1. The van der Waals surface area contributed by atoms with Gasteiger partial charge in [0.25, 0.3) is 10.0 Å². The maximum Gasteiger partial charge on any atom is 0.263 e. The van der Waals surface area contributed by atoms with Gasteiger partial charge in [0.2, 0.25) is 5.91 Å². The van der Waals surface area contributed by atoms with Crippen molar-refractivity contribution in [1.29, 1.82) is 0 Å². The summed E-state index contributed by atoms with van der Waals surface area (Å²) in [6.07, 6.45) is 0.574. The van der Waals surface area contributed by atoms with Gasteiger partial charge < -0.3 is 10.2 Å². The van der Waals surface area contributed by atoms with E-state index in [1.54, 1.807) is 24.3 Å². The lowest BCUT2D eigenvalue weighted by Gasteiger charge is -2.33. The van der Waals surface area contributed by atoms with Crippen molar-refractivity contribution in [2.75, 3.05) is 19.6 Å². The van der Waals surface area contributed by atoms with E-state index in [9.17, 15) is 13.2 Å². The lowest BCUT2D eigenvalue weighted by molar-refractivity contribution is -0.134. The monoisotopic (exact) mass is 378 g/mol. The number of sulfonamides is 1. The average Bonchev–Trinajstić information content (AvgIpc) is 2.84. The summed E-state index contributed by atoms with van der Waals surface area (Å²) in [5.74, 6) is 0.493. The molecule has 0 radical (unpaired) electrons. The Bertz CT molecular complexity index is 819. The third kappa shape index (κ3) is 3.91. The summed E-state index contributed by atoms with van der Waals surface area (Å²) in [5.41, 5.74) is 0.530. The molecule has 142 valence electrons. The Kier molecular flexibility index (Phi) is 5.34. The number of piperazine rings is 1. The van der Waals surface area contributed by atoms with Crippen LogP contribution in [0.25, 0.3) is 0 Å². The number of benzene rings is 1. The standard InChI is InChI=1S/C18H26N4O3S/c1-12(2)10-15(18(23)22-9-8-19-13(3)11-22)20-17-14-6-4-5-7-16(14)26(24,25)21-17/h4-7,12-13,15,19H,8-11H2,1-3H3,(H,20,21). The van der Waals surface area contributed by atoms with Crippen LogP contribution in [0.15, 0.2) is 34.2 Å².